The summed E-state index contributed by atoms with van der Waals surface area (Å²) in [6.07, 6.45) is 5.98. The van der Waals surface area contributed by atoms with Crippen LogP contribution in [0.25, 0.3) is 0 Å². The highest BCUT2D eigenvalue weighted by atomic mass is 16.3. The van der Waals surface area contributed by atoms with Crippen LogP contribution in [0.3, 0.4) is 0 Å². The Hall–Kier alpha value is -1.48. The standard InChI is InChI=1S/C13H18N2O/c1-3-15-7-6-12(10-15)9-14-11(2)13-5-4-8-16-13/h4-8,10-11,14H,3,9H2,1-2H3/t11-/m1/s1. The van der Waals surface area contributed by atoms with Crippen molar-refractivity contribution in [2.24, 2.45) is 0 Å². The molecule has 0 fully saturated rings. The zero-order valence-electron chi connectivity index (χ0n) is 9.81. The number of aryl methyl sites for hydroxylation is 1. The van der Waals surface area contributed by atoms with Crippen LogP contribution in [0.1, 0.15) is 31.2 Å². The first-order valence-electron chi connectivity index (χ1n) is 5.71. The van der Waals surface area contributed by atoms with Crippen molar-refractivity contribution in [3.8, 4) is 0 Å². The molecule has 0 unspecified atom stereocenters. The lowest BCUT2D eigenvalue weighted by Crippen LogP contribution is -2.17. The molecule has 1 atom stereocenters. The topological polar surface area (TPSA) is 30.1 Å². The minimum absolute atomic E-state index is 0.250. The Balaban J connectivity index is 1.87. The highest BCUT2D eigenvalue weighted by molar-refractivity contribution is 5.11. The maximum Gasteiger partial charge on any atom is 0.120 e. The summed E-state index contributed by atoms with van der Waals surface area (Å²) >= 11 is 0. The minimum Gasteiger partial charge on any atom is -0.468 e. The molecule has 16 heavy (non-hydrogen) atoms. The van der Waals surface area contributed by atoms with Crippen molar-refractivity contribution in [1.82, 2.24) is 9.88 Å². The molecular weight excluding hydrogens is 200 g/mol. The molecule has 0 amide bonds. The number of rotatable bonds is 5. The van der Waals surface area contributed by atoms with E-state index in [1.165, 1.54) is 5.56 Å². The zero-order chi connectivity index (χ0) is 11.4. The van der Waals surface area contributed by atoms with Crippen molar-refractivity contribution in [3.63, 3.8) is 0 Å². The first-order valence-corrected chi connectivity index (χ1v) is 5.71. The summed E-state index contributed by atoms with van der Waals surface area (Å²) in [7, 11) is 0. The van der Waals surface area contributed by atoms with Crippen molar-refractivity contribution in [3.05, 3.63) is 48.2 Å². The van der Waals surface area contributed by atoms with Gasteiger partial charge in [0.1, 0.15) is 5.76 Å². The third-order valence-electron chi connectivity index (χ3n) is 2.76. The molecular formula is C13H18N2O. The number of nitrogens with one attached hydrogen (secondary N) is 1. The molecule has 0 saturated heterocycles. The SMILES string of the molecule is CCn1ccc(CN[C@H](C)c2ccco2)c1. The van der Waals surface area contributed by atoms with Crippen molar-refractivity contribution >= 4 is 0 Å². The van der Waals surface area contributed by atoms with E-state index < -0.39 is 0 Å². The van der Waals surface area contributed by atoms with Crippen LogP contribution in [0, 0.1) is 0 Å². The van der Waals surface area contributed by atoms with Crippen LogP contribution < -0.4 is 5.32 Å². The second-order valence-corrected chi connectivity index (χ2v) is 3.97. The monoisotopic (exact) mass is 218 g/mol. The van der Waals surface area contributed by atoms with Crippen LogP contribution in [0.2, 0.25) is 0 Å². The highest BCUT2D eigenvalue weighted by Crippen LogP contribution is 2.13. The summed E-state index contributed by atoms with van der Waals surface area (Å²) in [6, 6.07) is 6.31. The van der Waals surface area contributed by atoms with Gasteiger partial charge in [-0.3, -0.25) is 0 Å². The first kappa shape index (κ1) is 11.0. The maximum atomic E-state index is 5.34. The lowest BCUT2D eigenvalue weighted by molar-refractivity contribution is 0.430. The van der Waals surface area contributed by atoms with Crippen LogP contribution in [0.5, 0.6) is 0 Å². The summed E-state index contributed by atoms with van der Waals surface area (Å²) in [5.41, 5.74) is 1.31. The second-order valence-electron chi connectivity index (χ2n) is 3.97. The Kier molecular flexibility index (Phi) is 3.47. The van der Waals surface area contributed by atoms with E-state index in [4.69, 9.17) is 4.42 Å². The average molecular weight is 218 g/mol. The third-order valence-corrected chi connectivity index (χ3v) is 2.76. The third kappa shape index (κ3) is 2.55. The Morgan fingerprint density at radius 2 is 2.31 bits per heavy atom. The molecule has 2 aromatic rings. The molecule has 0 bridgehead atoms. The first-order chi connectivity index (χ1) is 7.79. The van der Waals surface area contributed by atoms with Gasteiger partial charge in [0.15, 0.2) is 0 Å². The molecule has 3 nitrogen and oxygen atoms in total. The lowest BCUT2D eigenvalue weighted by atomic mass is 10.2. The number of hydrogen-bond donors (Lipinski definition) is 1. The quantitative estimate of drug-likeness (QED) is 0.836. The number of furan rings is 1. The van der Waals surface area contributed by atoms with Crippen molar-refractivity contribution < 1.29 is 4.42 Å². The highest BCUT2D eigenvalue weighted by Gasteiger charge is 2.07. The van der Waals surface area contributed by atoms with Gasteiger partial charge in [-0.05, 0) is 37.6 Å². The van der Waals surface area contributed by atoms with Gasteiger partial charge in [0.2, 0.25) is 0 Å². The predicted octanol–water partition coefficient (Wildman–Crippen LogP) is 2.95. The van der Waals surface area contributed by atoms with E-state index in [-0.39, 0.29) is 6.04 Å². The molecule has 86 valence electrons. The van der Waals surface area contributed by atoms with Crippen LogP contribution in [-0.4, -0.2) is 4.57 Å². The smallest absolute Gasteiger partial charge is 0.120 e. The van der Waals surface area contributed by atoms with Crippen molar-refractivity contribution in [2.45, 2.75) is 33.0 Å². The Bertz CT molecular complexity index is 417. The molecule has 2 aromatic heterocycles. The van der Waals surface area contributed by atoms with E-state index in [9.17, 15) is 0 Å². The van der Waals surface area contributed by atoms with E-state index >= 15 is 0 Å². The van der Waals surface area contributed by atoms with E-state index in [1.54, 1.807) is 6.26 Å². The Labute approximate surface area is 96.1 Å². The van der Waals surface area contributed by atoms with Crippen molar-refractivity contribution in [1.29, 1.82) is 0 Å². The van der Waals surface area contributed by atoms with Gasteiger partial charge < -0.3 is 14.3 Å². The van der Waals surface area contributed by atoms with Gasteiger partial charge >= 0.3 is 0 Å². The molecule has 0 saturated carbocycles. The summed E-state index contributed by atoms with van der Waals surface area (Å²) < 4.78 is 7.52. The number of aromatic nitrogens is 1. The molecule has 0 aromatic carbocycles. The molecule has 3 heteroatoms. The van der Waals surface area contributed by atoms with E-state index in [0.29, 0.717) is 0 Å². The summed E-state index contributed by atoms with van der Waals surface area (Å²) in [5, 5.41) is 3.43. The minimum atomic E-state index is 0.250. The molecule has 0 radical (unpaired) electrons. The van der Waals surface area contributed by atoms with Crippen molar-refractivity contribution in [2.75, 3.05) is 0 Å². The van der Waals surface area contributed by atoms with Crippen LogP contribution >= 0.6 is 0 Å². The molecule has 2 rings (SSSR count). The zero-order valence-corrected chi connectivity index (χ0v) is 9.81. The molecule has 0 aliphatic rings. The Morgan fingerprint density at radius 1 is 1.44 bits per heavy atom. The van der Waals surface area contributed by atoms with Gasteiger partial charge in [0.05, 0.1) is 12.3 Å². The molecule has 2 heterocycles. The number of nitrogens with zero attached hydrogens (tertiary/aromatic N) is 1. The largest absolute Gasteiger partial charge is 0.468 e. The van der Waals surface area contributed by atoms with E-state index in [0.717, 1.165) is 18.8 Å². The van der Waals surface area contributed by atoms with Gasteiger partial charge in [0.25, 0.3) is 0 Å². The van der Waals surface area contributed by atoms with Gasteiger partial charge in [-0.25, -0.2) is 0 Å². The van der Waals surface area contributed by atoms with Crippen LogP contribution in [0.4, 0.5) is 0 Å². The summed E-state index contributed by atoms with van der Waals surface area (Å²) in [6.45, 7) is 6.14. The van der Waals surface area contributed by atoms with Gasteiger partial charge in [0, 0.05) is 25.5 Å². The molecule has 1 N–H and O–H groups in total. The fourth-order valence-corrected chi connectivity index (χ4v) is 1.70. The average Bonchev–Trinajstić information content (AvgIpc) is 2.96. The van der Waals surface area contributed by atoms with Crippen LogP contribution in [-0.2, 0) is 13.1 Å². The second kappa shape index (κ2) is 5.03. The molecule has 0 spiro atoms. The van der Waals surface area contributed by atoms with Crippen LogP contribution in [0.15, 0.2) is 41.3 Å². The summed E-state index contributed by atoms with van der Waals surface area (Å²) in [4.78, 5) is 0. The summed E-state index contributed by atoms with van der Waals surface area (Å²) in [5.74, 6) is 0.981. The van der Waals surface area contributed by atoms with Gasteiger partial charge in [-0.1, -0.05) is 0 Å². The fraction of sp³-hybridized carbons (Fsp3) is 0.385. The maximum absolute atomic E-state index is 5.34. The van der Waals surface area contributed by atoms with Gasteiger partial charge in [-0.2, -0.15) is 0 Å². The molecule has 0 aliphatic carbocycles. The predicted molar refractivity (Wildman–Crippen MR) is 64.1 cm³/mol. The lowest BCUT2D eigenvalue weighted by Gasteiger charge is -2.09. The van der Waals surface area contributed by atoms with Gasteiger partial charge in [-0.15, -0.1) is 0 Å². The number of hydrogen-bond acceptors (Lipinski definition) is 2. The molecule has 0 aliphatic heterocycles. The van der Waals surface area contributed by atoms with E-state index in [2.05, 4.69) is 42.2 Å². The van der Waals surface area contributed by atoms with E-state index in [1.807, 2.05) is 12.1 Å². The normalized spacial score (nSPS) is 12.9. The Morgan fingerprint density at radius 3 is 2.94 bits per heavy atom. The fourth-order valence-electron chi connectivity index (χ4n) is 1.70.